The molecule has 0 unspecified atom stereocenters. The van der Waals surface area contributed by atoms with Crippen molar-refractivity contribution in [3.63, 3.8) is 0 Å². The van der Waals surface area contributed by atoms with Crippen LogP contribution in [0.2, 0.25) is 0 Å². The molecule has 3 aromatic rings. The standard InChI is InChI=1S/C25H20Cl2N4O/c26-22(15-19-7-3-1-4-8-19)17-28-30-24-13-11-21(12-14-24)25(32)31-29-18-23(27)16-20-9-5-2-6-10-20/h1-18,30H,(H,31,32)/b22-15?,23-16+,28-17+,29-18?. The van der Waals surface area contributed by atoms with E-state index in [-0.39, 0.29) is 5.91 Å². The smallest absolute Gasteiger partial charge is 0.271 e. The topological polar surface area (TPSA) is 65.8 Å². The summed E-state index contributed by atoms with van der Waals surface area (Å²) in [6.07, 6.45) is 6.45. The first-order chi connectivity index (χ1) is 15.6. The van der Waals surface area contributed by atoms with E-state index in [2.05, 4.69) is 21.1 Å². The largest absolute Gasteiger partial charge is 0.278 e. The van der Waals surface area contributed by atoms with E-state index < -0.39 is 0 Å². The number of halogens is 2. The molecule has 0 aliphatic heterocycles. The molecule has 0 atom stereocenters. The van der Waals surface area contributed by atoms with Crippen molar-refractivity contribution in [1.29, 1.82) is 0 Å². The van der Waals surface area contributed by atoms with E-state index in [1.54, 1.807) is 30.3 Å². The molecule has 1 amide bonds. The molecule has 0 saturated carbocycles. The average Bonchev–Trinajstić information content (AvgIpc) is 2.81. The Bertz CT molecular complexity index is 1140. The Morgan fingerprint density at radius 3 is 1.72 bits per heavy atom. The number of hydrazone groups is 2. The minimum Gasteiger partial charge on any atom is -0.278 e. The minimum atomic E-state index is -0.352. The predicted molar refractivity (Wildman–Crippen MR) is 135 cm³/mol. The Morgan fingerprint density at radius 2 is 1.19 bits per heavy atom. The molecule has 0 heterocycles. The number of carbonyl (C=O) groups excluding carboxylic acids is 1. The summed E-state index contributed by atoms with van der Waals surface area (Å²) in [4.78, 5) is 12.2. The van der Waals surface area contributed by atoms with Crippen LogP contribution in [-0.2, 0) is 0 Å². The van der Waals surface area contributed by atoms with Gasteiger partial charge < -0.3 is 0 Å². The summed E-state index contributed by atoms with van der Waals surface area (Å²) in [5, 5.41) is 8.86. The van der Waals surface area contributed by atoms with Crippen molar-refractivity contribution >= 4 is 59.4 Å². The van der Waals surface area contributed by atoms with Crippen molar-refractivity contribution in [2.45, 2.75) is 0 Å². The van der Waals surface area contributed by atoms with Crippen LogP contribution in [-0.4, -0.2) is 18.3 Å². The Hall–Kier alpha value is -3.67. The van der Waals surface area contributed by atoms with Gasteiger partial charge in [0.2, 0.25) is 0 Å². The van der Waals surface area contributed by atoms with Gasteiger partial charge in [0.25, 0.3) is 5.91 Å². The van der Waals surface area contributed by atoms with Crippen molar-refractivity contribution < 1.29 is 4.79 Å². The molecule has 0 radical (unpaired) electrons. The van der Waals surface area contributed by atoms with E-state index in [9.17, 15) is 4.79 Å². The van der Waals surface area contributed by atoms with Crippen molar-refractivity contribution in [1.82, 2.24) is 5.43 Å². The van der Waals surface area contributed by atoms with E-state index in [1.165, 1.54) is 12.4 Å². The van der Waals surface area contributed by atoms with Crippen LogP contribution in [0.3, 0.4) is 0 Å². The highest BCUT2D eigenvalue weighted by molar-refractivity contribution is 6.41. The van der Waals surface area contributed by atoms with Crippen molar-refractivity contribution in [2.75, 3.05) is 5.43 Å². The first-order valence-corrected chi connectivity index (χ1v) is 10.4. The summed E-state index contributed by atoms with van der Waals surface area (Å²) < 4.78 is 0. The molecular formula is C25H20Cl2N4O. The summed E-state index contributed by atoms with van der Waals surface area (Å²) in [6, 6.07) is 26.1. The van der Waals surface area contributed by atoms with E-state index >= 15 is 0 Å². The summed E-state index contributed by atoms with van der Waals surface area (Å²) in [6.45, 7) is 0. The van der Waals surface area contributed by atoms with Gasteiger partial charge in [-0.05, 0) is 47.5 Å². The normalized spacial score (nSPS) is 12.3. The Morgan fingerprint density at radius 1 is 0.688 bits per heavy atom. The van der Waals surface area contributed by atoms with Gasteiger partial charge in [0.15, 0.2) is 0 Å². The molecule has 0 spiro atoms. The second-order valence-corrected chi connectivity index (χ2v) is 7.40. The molecule has 2 N–H and O–H groups in total. The third kappa shape index (κ3) is 7.87. The lowest BCUT2D eigenvalue weighted by atomic mass is 10.2. The lowest BCUT2D eigenvalue weighted by molar-refractivity contribution is 0.0955. The number of hydrogen-bond acceptors (Lipinski definition) is 4. The fourth-order valence-corrected chi connectivity index (χ4v) is 2.92. The van der Waals surface area contributed by atoms with Gasteiger partial charge in [-0.15, -0.1) is 0 Å². The SMILES string of the molecule is O=C(NN=C/C(Cl)=C\c1ccccc1)c1ccc(N/N=C/C(Cl)=Cc2ccccc2)cc1. The molecule has 0 aliphatic rings. The second-order valence-electron chi connectivity index (χ2n) is 6.53. The molecule has 7 heteroatoms. The van der Waals surface area contributed by atoms with Crippen LogP contribution in [0.15, 0.2) is 105 Å². The van der Waals surface area contributed by atoms with Gasteiger partial charge in [-0.2, -0.15) is 10.2 Å². The highest BCUT2D eigenvalue weighted by Crippen LogP contribution is 2.12. The van der Waals surface area contributed by atoms with Crippen LogP contribution in [0.4, 0.5) is 5.69 Å². The van der Waals surface area contributed by atoms with Gasteiger partial charge in [-0.25, -0.2) is 5.43 Å². The molecule has 0 fully saturated rings. The number of nitrogens with zero attached hydrogens (tertiary/aromatic N) is 2. The van der Waals surface area contributed by atoms with Gasteiger partial charge in [0.05, 0.1) is 28.2 Å². The zero-order chi connectivity index (χ0) is 22.6. The maximum absolute atomic E-state index is 12.2. The van der Waals surface area contributed by atoms with Gasteiger partial charge >= 0.3 is 0 Å². The van der Waals surface area contributed by atoms with Crippen molar-refractivity contribution in [3.8, 4) is 0 Å². The Kier molecular flexibility index (Phi) is 8.80. The highest BCUT2D eigenvalue weighted by atomic mass is 35.5. The third-order valence-electron chi connectivity index (χ3n) is 4.09. The number of amides is 1. The summed E-state index contributed by atoms with van der Waals surface area (Å²) in [5.74, 6) is -0.352. The molecule has 0 aromatic heterocycles. The number of carbonyl (C=O) groups is 1. The van der Waals surface area contributed by atoms with E-state index in [0.29, 0.717) is 21.3 Å². The van der Waals surface area contributed by atoms with Crippen LogP contribution >= 0.6 is 23.2 Å². The van der Waals surface area contributed by atoms with E-state index in [0.717, 1.165) is 11.1 Å². The van der Waals surface area contributed by atoms with Crippen LogP contribution in [0.25, 0.3) is 12.2 Å². The van der Waals surface area contributed by atoms with Gasteiger partial charge in [-0.1, -0.05) is 83.9 Å². The highest BCUT2D eigenvalue weighted by Gasteiger charge is 2.03. The van der Waals surface area contributed by atoms with Crippen molar-refractivity contribution in [2.24, 2.45) is 10.2 Å². The molecule has 0 saturated heterocycles. The lowest BCUT2D eigenvalue weighted by Crippen LogP contribution is -2.17. The van der Waals surface area contributed by atoms with Crippen LogP contribution in [0, 0.1) is 0 Å². The van der Waals surface area contributed by atoms with Crippen LogP contribution < -0.4 is 10.9 Å². The van der Waals surface area contributed by atoms with E-state index in [4.69, 9.17) is 23.2 Å². The number of nitrogens with one attached hydrogen (secondary N) is 2. The predicted octanol–water partition coefficient (Wildman–Crippen LogP) is 6.36. The number of allylic oxidation sites excluding steroid dienone is 2. The first-order valence-electron chi connectivity index (χ1n) is 9.67. The number of rotatable bonds is 8. The fourth-order valence-electron chi connectivity index (χ4n) is 2.57. The van der Waals surface area contributed by atoms with Crippen LogP contribution in [0.1, 0.15) is 21.5 Å². The molecule has 3 aromatic carbocycles. The molecule has 0 aliphatic carbocycles. The molecular weight excluding hydrogens is 443 g/mol. The monoisotopic (exact) mass is 462 g/mol. The van der Waals surface area contributed by atoms with Gasteiger partial charge in [0, 0.05) is 5.56 Å². The maximum atomic E-state index is 12.2. The molecule has 5 nitrogen and oxygen atoms in total. The maximum Gasteiger partial charge on any atom is 0.271 e. The molecule has 160 valence electrons. The number of hydrogen-bond donors (Lipinski definition) is 2. The minimum absolute atomic E-state index is 0.352. The Balaban J connectivity index is 1.49. The number of anilines is 1. The summed E-state index contributed by atoms with van der Waals surface area (Å²) >= 11 is 12.3. The lowest BCUT2D eigenvalue weighted by Gasteiger charge is -2.03. The van der Waals surface area contributed by atoms with Crippen molar-refractivity contribution in [3.05, 3.63) is 112 Å². The zero-order valence-corrected chi connectivity index (χ0v) is 18.5. The first kappa shape index (κ1) is 23.0. The molecule has 0 bridgehead atoms. The second kappa shape index (κ2) is 12.2. The Labute approximate surface area is 196 Å². The molecule has 32 heavy (non-hydrogen) atoms. The van der Waals surface area contributed by atoms with Crippen LogP contribution in [0.5, 0.6) is 0 Å². The quantitative estimate of drug-likeness (QED) is 0.302. The van der Waals surface area contributed by atoms with Gasteiger partial charge in [-0.3, -0.25) is 10.2 Å². The third-order valence-corrected chi connectivity index (χ3v) is 4.50. The van der Waals surface area contributed by atoms with E-state index in [1.807, 2.05) is 66.7 Å². The fraction of sp³-hybridized carbons (Fsp3) is 0. The zero-order valence-electron chi connectivity index (χ0n) is 17.0. The number of benzene rings is 3. The summed E-state index contributed by atoms with van der Waals surface area (Å²) in [7, 11) is 0. The molecule has 3 rings (SSSR count). The van der Waals surface area contributed by atoms with Gasteiger partial charge in [0.1, 0.15) is 0 Å². The average molecular weight is 463 g/mol. The summed E-state index contributed by atoms with van der Waals surface area (Å²) in [5.41, 5.74) is 8.39.